The fourth-order valence-electron chi connectivity index (χ4n) is 12.3. The van der Waals surface area contributed by atoms with Crippen molar-refractivity contribution in [3.8, 4) is 5.75 Å². The second-order valence-electron chi connectivity index (χ2n) is 18.0. The van der Waals surface area contributed by atoms with Crippen LogP contribution in [0.3, 0.4) is 0 Å². The van der Waals surface area contributed by atoms with Crippen LogP contribution < -0.4 is 4.74 Å². The number of carbonyl (C=O) groups is 2. The molecule has 4 saturated carbocycles. The lowest BCUT2D eigenvalue weighted by molar-refractivity contribution is -0.384. The molecule has 1 aromatic carbocycles. The Morgan fingerprint density at radius 3 is 2.36 bits per heavy atom. The van der Waals surface area contributed by atoms with E-state index in [0.29, 0.717) is 18.8 Å². The molecule has 6 rings (SSSR count). The average Bonchev–Trinajstić information content (AvgIpc) is 3.19. The summed E-state index contributed by atoms with van der Waals surface area (Å²) >= 11 is 0. The van der Waals surface area contributed by atoms with Gasteiger partial charge in [-0.15, -0.1) is 0 Å². The van der Waals surface area contributed by atoms with Crippen LogP contribution in [0, 0.1) is 55.4 Å². The minimum atomic E-state index is -1.30. The second kappa shape index (κ2) is 12.7. The van der Waals surface area contributed by atoms with E-state index in [1.807, 2.05) is 0 Å². The van der Waals surface area contributed by atoms with Crippen LogP contribution in [0.15, 0.2) is 24.3 Å². The number of non-ortho nitro benzene ring substituents is 1. The molecule has 5 fully saturated rings. The summed E-state index contributed by atoms with van der Waals surface area (Å²) < 4.78 is 23.9. The van der Waals surface area contributed by atoms with Gasteiger partial charge in [0, 0.05) is 29.9 Å². The fourth-order valence-corrected chi connectivity index (χ4v) is 12.3. The summed E-state index contributed by atoms with van der Waals surface area (Å²) in [5.74, 6) is 0.661. The van der Waals surface area contributed by atoms with E-state index in [2.05, 4.69) is 34.6 Å². The predicted molar refractivity (Wildman–Crippen MR) is 184 cm³/mol. The van der Waals surface area contributed by atoms with Crippen LogP contribution in [0.2, 0.25) is 0 Å². The number of hydrogen-bond donors (Lipinski definition) is 2. The fraction of sp³-hybridized carbons (Fsp3) is 0.795. The molecule has 0 aromatic heterocycles. The Labute approximate surface area is 295 Å². The van der Waals surface area contributed by atoms with Gasteiger partial charge >= 0.3 is 12.1 Å². The van der Waals surface area contributed by atoms with E-state index in [4.69, 9.17) is 18.9 Å². The van der Waals surface area contributed by atoms with Crippen LogP contribution >= 0.6 is 0 Å². The Kier molecular flexibility index (Phi) is 9.42. The van der Waals surface area contributed by atoms with Crippen LogP contribution in [-0.2, 0) is 19.0 Å². The first-order valence-electron chi connectivity index (χ1n) is 18.6. The van der Waals surface area contributed by atoms with Crippen molar-refractivity contribution >= 4 is 17.8 Å². The predicted octanol–water partition coefficient (Wildman–Crippen LogP) is 7.38. The van der Waals surface area contributed by atoms with Crippen LogP contribution in [0.5, 0.6) is 5.75 Å². The van der Waals surface area contributed by atoms with Crippen molar-refractivity contribution in [1.82, 2.24) is 0 Å². The van der Waals surface area contributed by atoms with Crippen LogP contribution in [0.25, 0.3) is 0 Å². The van der Waals surface area contributed by atoms with Crippen molar-refractivity contribution in [2.45, 2.75) is 149 Å². The lowest BCUT2D eigenvalue weighted by atomic mass is 9.41. The summed E-state index contributed by atoms with van der Waals surface area (Å²) in [6.07, 6.45) is 4.67. The van der Waals surface area contributed by atoms with Gasteiger partial charge in [0.2, 0.25) is 0 Å². The first-order valence-corrected chi connectivity index (χ1v) is 18.6. The zero-order valence-electron chi connectivity index (χ0n) is 31.0. The molecule has 50 heavy (non-hydrogen) atoms. The number of ether oxygens (including phenoxy) is 4. The highest BCUT2D eigenvalue weighted by Crippen LogP contribution is 2.73. The number of nitrogens with zero attached hydrogens (tertiary/aromatic N) is 1. The number of fused-ring (bicyclic) bond motifs is 5. The molecule has 5 aliphatic rings. The highest BCUT2D eigenvalue weighted by atomic mass is 16.7. The van der Waals surface area contributed by atoms with Gasteiger partial charge in [-0.25, -0.2) is 4.79 Å². The van der Waals surface area contributed by atoms with E-state index < -0.39 is 52.5 Å². The largest absolute Gasteiger partial charge is 0.514 e. The van der Waals surface area contributed by atoms with Crippen molar-refractivity contribution in [1.29, 1.82) is 0 Å². The number of esters is 1. The van der Waals surface area contributed by atoms with E-state index in [0.717, 1.165) is 44.9 Å². The second-order valence-corrected chi connectivity index (χ2v) is 18.0. The van der Waals surface area contributed by atoms with Crippen LogP contribution in [-0.4, -0.2) is 63.4 Å². The summed E-state index contributed by atoms with van der Waals surface area (Å²) in [4.78, 5) is 35.5. The molecule has 1 spiro atoms. The number of hydrogen-bond acceptors (Lipinski definition) is 10. The van der Waals surface area contributed by atoms with Crippen molar-refractivity contribution in [3.63, 3.8) is 0 Å². The highest BCUT2D eigenvalue weighted by Gasteiger charge is 2.72. The molecular formula is C39H57NO10. The van der Waals surface area contributed by atoms with E-state index >= 15 is 0 Å². The van der Waals surface area contributed by atoms with Gasteiger partial charge in [-0.2, -0.15) is 0 Å². The Hall–Kier alpha value is -2.76. The molecule has 12 atom stereocenters. The van der Waals surface area contributed by atoms with Gasteiger partial charge in [0.05, 0.1) is 28.8 Å². The third-order valence-corrected chi connectivity index (χ3v) is 14.7. The summed E-state index contributed by atoms with van der Waals surface area (Å²) in [5, 5.41) is 34.5. The minimum Gasteiger partial charge on any atom is -0.457 e. The van der Waals surface area contributed by atoms with E-state index in [9.17, 15) is 29.9 Å². The summed E-state index contributed by atoms with van der Waals surface area (Å²) in [6.45, 7) is 16.0. The van der Waals surface area contributed by atoms with E-state index in [-0.39, 0.29) is 51.5 Å². The number of nitro groups is 1. The minimum absolute atomic E-state index is 0.0582. The number of rotatable bonds is 6. The Morgan fingerprint density at radius 1 is 1.06 bits per heavy atom. The van der Waals surface area contributed by atoms with Gasteiger partial charge in [0.25, 0.3) is 5.69 Å². The topological polar surface area (TPSA) is 155 Å². The number of nitro benzene ring substituents is 1. The van der Waals surface area contributed by atoms with Crippen molar-refractivity contribution < 1.29 is 43.7 Å². The molecule has 0 amide bonds. The number of aliphatic hydroxyl groups is 2. The van der Waals surface area contributed by atoms with Crippen molar-refractivity contribution in [2.24, 2.45) is 45.3 Å². The van der Waals surface area contributed by atoms with E-state index in [1.165, 1.54) is 31.2 Å². The first kappa shape index (κ1) is 37.0. The lowest BCUT2D eigenvalue weighted by Gasteiger charge is -2.64. The zero-order valence-corrected chi connectivity index (χ0v) is 31.0. The molecule has 1 saturated heterocycles. The van der Waals surface area contributed by atoms with Gasteiger partial charge in [0.1, 0.15) is 11.9 Å². The molecular weight excluding hydrogens is 642 g/mol. The molecule has 11 nitrogen and oxygen atoms in total. The van der Waals surface area contributed by atoms with Gasteiger partial charge < -0.3 is 29.2 Å². The molecule has 1 heterocycles. The summed E-state index contributed by atoms with van der Waals surface area (Å²) in [5.41, 5.74) is -2.20. The molecule has 6 unspecified atom stereocenters. The summed E-state index contributed by atoms with van der Waals surface area (Å²) in [6, 6.07) is 5.39. The number of benzene rings is 1. The van der Waals surface area contributed by atoms with E-state index in [1.54, 1.807) is 13.8 Å². The third kappa shape index (κ3) is 5.93. The third-order valence-electron chi connectivity index (χ3n) is 14.7. The standard InChI is InChI=1S/C39H57NO10/c1-22-20-27(33(36(5,6)44)47-23(2)41)49-31-30(22)37(7)17-9-18-39-19-16-29(50-34(43)48-26-13-11-25(12-14-26)40(45)46)35(3,4)28(39)15-10-24(21-39)38(37,8)32(31)42/h11-14,22,24,27-33,42,44H,9-10,15-21H2,1-8H3/t22-,24+,27?,28+,29?,30+,31?,32+,33?,37?,38-,39?/m1/s1. The number of aliphatic hydroxyl groups excluding tert-OH is 1. The maximum atomic E-state index is 13.0. The molecule has 0 radical (unpaired) electrons. The molecule has 2 N–H and O–H groups in total. The zero-order chi connectivity index (χ0) is 36.6. The number of carbonyl (C=O) groups excluding carboxylic acids is 2. The Balaban J connectivity index is 1.21. The monoisotopic (exact) mass is 699 g/mol. The summed E-state index contributed by atoms with van der Waals surface area (Å²) in [7, 11) is 0. The quantitative estimate of drug-likeness (QED) is 0.133. The molecule has 278 valence electrons. The molecule has 1 aromatic rings. The molecule has 11 heteroatoms. The van der Waals surface area contributed by atoms with Crippen molar-refractivity contribution in [3.05, 3.63) is 34.4 Å². The average molecular weight is 700 g/mol. The van der Waals surface area contributed by atoms with Crippen LogP contribution in [0.1, 0.15) is 113 Å². The molecule has 2 bridgehead atoms. The van der Waals surface area contributed by atoms with Gasteiger partial charge in [0.15, 0.2) is 6.10 Å². The SMILES string of the molecule is CC(=O)OC(C1C[C@@H](C)[C@H]2C(O1)[C@H](O)[C@@]1(C)[C@H]3CC[C@@H]4C(CCCC21C)(CCC(OC(=O)Oc1ccc([N+](=O)[O-])cc1)C4(C)C)C3)C(C)(C)O. The maximum absolute atomic E-state index is 13.0. The van der Waals surface area contributed by atoms with Crippen LogP contribution in [0.4, 0.5) is 10.5 Å². The van der Waals surface area contributed by atoms with Gasteiger partial charge in [-0.1, -0.05) is 41.0 Å². The first-order chi connectivity index (χ1) is 23.2. The van der Waals surface area contributed by atoms with Gasteiger partial charge in [-0.05, 0) is 112 Å². The van der Waals surface area contributed by atoms with Crippen molar-refractivity contribution in [2.75, 3.05) is 0 Å². The normalized spacial score (nSPS) is 41.2. The highest BCUT2D eigenvalue weighted by molar-refractivity contribution is 5.66. The van der Waals surface area contributed by atoms with Gasteiger partial charge in [-0.3, -0.25) is 14.9 Å². The Bertz CT molecular complexity index is 1470. The molecule has 1 aliphatic heterocycles. The Morgan fingerprint density at radius 2 is 1.74 bits per heavy atom. The maximum Gasteiger partial charge on any atom is 0.514 e. The smallest absolute Gasteiger partial charge is 0.457 e. The lowest BCUT2D eigenvalue weighted by Crippen LogP contribution is -2.59. The molecule has 4 aliphatic carbocycles.